The summed E-state index contributed by atoms with van der Waals surface area (Å²) < 4.78 is 6.10. The molecule has 1 saturated heterocycles. The maximum absolute atomic E-state index is 12.5. The molecule has 0 aromatic heterocycles. The summed E-state index contributed by atoms with van der Waals surface area (Å²) in [5.74, 6) is -0.430. The predicted molar refractivity (Wildman–Crippen MR) is 126 cm³/mol. The van der Waals surface area contributed by atoms with Crippen LogP contribution in [-0.2, 0) is 9.45 Å². The summed E-state index contributed by atoms with van der Waals surface area (Å²) in [5.41, 5.74) is 0.000673. The number of halogens is 2. The molecule has 1 aliphatic rings. The highest BCUT2D eigenvalue weighted by Crippen LogP contribution is 2.54. The summed E-state index contributed by atoms with van der Waals surface area (Å²) in [4.78, 5) is 24.8. The van der Waals surface area contributed by atoms with Crippen molar-refractivity contribution in [3.8, 4) is 0 Å². The maximum atomic E-state index is 12.5. The third-order valence-corrected chi connectivity index (χ3v) is 6.27. The molecule has 2 rings (SSSR count). The normalized spacial score (nSPS) is 17.4. The van der Waals surface area contributed by atoms with Crippen LogP contribution in [0, 0.1) is 5.92 Å². The molecule has 8 heteroatoms. The van der Waals surface area contributed by atoms with Gasteiger partial charge in [-0.25, -0.2) is 0 Å². The molecule has 0 bridgehead atoms. The van der Waals surface area contributed by atoms with E-state index in [2.05, 4.69) is 52.2 Å². The van der Waals surface area contributed by atoms with E-state index in [1.165, 1.54) is 6.07 Å². The van der Waals surface area contributed by atoms with E-state index in [9.17, 15) is 9.59 Å². The molecule has 2 amide bonds. The third kappa shape index (κ3) is 6.38. The Bertz CT molecular complexity index is 754. The number of carbonyl (C=O) groups excluding carboxylic acids is 2. The third-order valence-electron chi connectivity index (χ3n) is 5.70. The molecule has 168 valence electrons. The average Bonchev–Trinajstić information content (AvgIpc) is 2.66. The van der Waals surface area contributed by atoms with Crippen molar-refractivity contribution in [2.24, 2.45) is 5.92 Å². The summed E-state index contributed by atoms with van der Waals surface area (Å²) in [6.45, 7) is 16.4. The molecule has 2 N–H and O–H groups in total. The minimum Gasteiger partial charge on any atom is -0.428 e. The second-order valence-corrected chi connectivity index (χ2v) is 9.72. The van der Waals surface area contributed by atoms with Crippen LogP contribution in [0.2, 0.25) is 15.4 Å². The molecule has 0 spiro atoms. The van der Waals surface area contributed by atoms with Crippen LogP contribution >= 0.6 is 23.2 Å². The van der Waals surface area contributed by atoms with Crippen LogP contribution in [0.3, 0.4) is 0 Å². The number of rotatable bonds is 7. The van der Waals surface area contributed by atoms with Gasteiger partial charge in [-0.1, -0.05) is 64.7 Å². The fourth-order valence-electron chi connectivity index (χ4n) is 3.44. The van der Waals surface area contributed by atoms with E-state index in [-0.39, 0.29) is 46.8 Å². The van der Waals surface area contributed by atoms with Gasteiger partial charge in [0, 0.05) is 16.6 Å². The van der Waals surface area contributed by atoms with Crippen molar-refractivity contribution in [3.63, 3.8) is 0 Å². The van der Waals surface area contributed by atoms with Gasteiger partial charge in [-0.2, -0.15) is 0 Å². The van der Waals surface area contributed by atoms with Crippen molar-refractivity contribution >= 4 is 41.9 Å². The van der Waals surface area contributed by atoms with E-state index in [1.54, 1.807) is 12.1 Å². The van der Waals surface area contributed by atoms with E-state index < -0.39 is 5.91 Å². The molecule has 0 radical (unpaired) electrons. The molecule has 1 heterocycles. The van der Waals surface area contributed by atoms with E-state index in [4.69, 9.17) is 27.9 Å². The lowest BCUT2D eigenvalue weighted by molar-refractivity contribution is -0.121. The zero-order chi connectivity index (χ0) is 23.3. The van der Waals surface area contributed by atoms with Crippen molar-refractivity contribution < 1.29 is 14.2 Å². The van der Waals surface area contributed by atoms with Crippen LogP contribution in [-0.4, -0.2) is 36.8 Å². The standard InChI is InChI=1S/C20H29BCl2N2O3.C2H6/c1-12(2)9-16(21-19(3,4)20(5,6)28-21)25-17(26)11-24-18(27)14-10-13(22)7-8-15(14)23;1-2/h7-8,10,12,16H,9,11H2,1-6H3,(H,24,27)(H,25,26);1-2H3/t16-;/m0./s1. The first kappa shape index (κ1) is 26.8. The molecule has 1 aromatic rings. The molecule has 1 aliphatic heterocycles. The SMILES string of the molecule is CC.CC(C)C[C@H](NC(=O)CNC(=O)c1cc(Cl)ccc1Cl)B1OC(C)(C)C1(C)C. The molecule has 1 aromatic carbocycles. The Morgan fingerprint density at radius 3 is 2.23 bits per heavy atom. The van der Waals surface area contributed by atoms with Gasteiger partial charge in [-0.15, -0.1) is 0 Å². The lowest BCUT2D eigenvalue weighted by Crippen LogP contribution is -2.69. The first-order valence-electron chi connectivity index (χ1n) is 10.6. The Kier molecular flexibility index (Phi) is 9.72. The Labute approximate surface area is 191 Å². The molecule has 0 saturated carbocycles. The number of hydrogen-bond acceptors (Lipinski definition) is 3. The lowest BCUT2D eigenvalue weighted by atomic mass is 9.32. The van der Waals surface area contributed by atoms with Crippen LogP contribution in [0.5, 0.6) is 0 Å². The van der Waals surface area contributed by atoms with Crippen LogP contribution in [0.4, 0.5) is 0 Å². The van der Waals surface area contributed by atoms with Gasteiger partial charge in [0.15, 0.2) is 0 Å². The summed E-state index contributed by atoms with van der Waals surface area (Å²) in [5, 5.41) is 6.26. The maximum Gasteiger partial charge on any atom is 0.324 e. The zero-order valence-electron chi connectivity index (χ0n) is 19.4. The van der Waals surface area contributed by atoms with E-state index >= 15 is 0 Å². The molecule has 1 atom stereocenters. The van der Waals surface area contributed by atoms with Crippen molar-refractivity contribution in [2.75, 3.05) is 6.54 Å². The average molecular weight is 457 g/mol. The smallest absolute Gasteiger partial charge is 0.324 e. The van der Waals surface area contributed by atoms with Gasteiger partial charge in [-0.3, -0.25) is 9.59 Å². The highest BCUT2D eigenvalue weighted by atomic mass is 35.5. The number of nitrogens with one attached hydrogen (secondary N) is 2. The minimum absolute atomic E-state index is 0.0720. The number of amides is 2. The van der Waals surface area contributed by atoms with Crippen molar-refractivity contribution in [1.29, 1.82) is 0 Å². The molecule has 0 aliphatic carbocycles. The van der Waals surface area contributed by atoms with E-state index in [0.29, 0.717) is 10.9 Å². The monoisotopic (exact) mass is 456 g/mol. The van der Waals surface area contributed by atoms with Crippen LogP contribution in [0.15, 0.2) is 18.2 Å². The molecular formula is C22H35BCl2N2O3. The van der Waals surface area contributed by atoms with Crippen LogP contribution < -0.4 is 10.6 Å². The highest BCUT2D eigenvalue weighted by Gasteiger charge is 2.61. The summed E-state index contributed by atoms with van der Waals surface area (Å²) in [6, 6.07) is 4.63. The molecule has 0 unspecified atom stereocenters. The van der Waals surface area contributed by atoms with Crippen molar-refractivity contribution in [3.05, 3.63) is 33.8 Å². The predicted octanol–water partition coefficient (Wildman–Crippen LogP) is 5.40. The summed E-state index contributed by atoms with van der Waals surface area (Å²) >= 11 is 12.0. The molecule has 30 heavy (non-hydrogen) atoms. The Balaban J connectivity index is 0.00000218. The van der Waals surface area contributed by atoms with Gasteiger partial charge in [0.1, 0.15) is 0 Å². The first-order valence-corrected chi connectivity index (χ1v) is 11.3. The van der Waals surface area contributed by atoms with Crippen molar-refractivity contribution in [2.45, 2.75) is 78.7 Å². The molecular weight excluding hydrogens is 422 g/mol. The van der Waals surface area contributed by atoms with Gasteiger partial charge in [0.05, 0.1) is 17.1 Å². The summed E-state index contributed by atoms with van der Waals surface area (Å²) in [7, 11) is 0. The zero-order valence-corrected chi connectivity index (χ0v) is 20.9. The fraction of sp³-hybridized carbons (Fsp3) is 0.636. The largest absolute Gasteiger partial charge is 0.428 e. The second kappa shape index (κ2) is 10.9. The van der Waals surface area contributed by atoms with Gasteiger partial charge >= 0.3 is 6.92 Å². The van der Waals surface area contributed by atoms with E-state index in [0.717, 1.165) is 6.42 Å². The Hall–Kier alpha value is -1.24. The van der Waals surface area contributed by atoms with E-state index in [1.807, 2.05) is 13.8 Å². The molecule has 5 nitrogen and oxygen atoms in total. The van der Waals surface area contributed by atoms with Gasteiger partial charge in [0.2, 0.25) is 5.91 Å². The minimum atomic E-state index is -0.440. The number of benzene rings is 1. The van der Waals surface area contributed by atoms with Gasteiger partial charge in [0.25, 0.3) is 5.91 Å². The molecule has 1 fully saturated rings. The highest BCUT2D eigenvalue weighted by molar-refractivity contribution is 6.61. The topological polar surface area (TPSA) is 67.4 Å². The quantitative estimate of drug-likeness (QED) is 0.539. The van der Waals surface area contributed by atoms with Crippen molar-refractivity contribution in [1.82, 2.24) is 10.6 Å². The fourth-order valence-corrected chi connectivity index (χ4v) is 3.81. The second-order valence-electron chi connectivity index (χ2n) is 8.88. The van der Waals surface area contributed by atoms with Gasteiger partial charge in [-0.05, 0) is 49.7 Å². The first-order chi connectivity index (χ1) is 13.8. The number of carbonyl (C=O) groups is 2. The number of hydrogen-bond donors (Lipinski definition) is 2. The Morgan fingerprint density at radius 2 is 1.73 bits per heavy atom. The lowest BCUT2D eigenvalue weighted by Gasteiger charge is -2.59. The van der Waals surface area contributed by atoms with Crippen LogP contribution in [0.1, 0.15) is 72.2 Å². The van der Waals surface area contributed by atoms with Gasteiger partial charge < -0.3 is 15.3 Å². The Morgan fingerprint density at radius 1 is 1.13 bits per heavy atom. The summed E-state index contributed by atoms with van der Waals surface area (Å²) in [6.07, 6.45) is 0.796. The van der Waals surface area contributed by atoms with Crippen LogP contribution in [0.25, 0.3) is 0 Å².